The van der Waals surface area contributed by atoms with E-state index in [9.17, 15) is 26.7 Å². The summed E-state index contributed by atoms with van der Waals surface area (Å²) < 4.78 is 74.9. The summed E-state index contributed by atoms with van der Waals surface area (Å²) in [4.78, 5) is 11.8. The number of rotatable bonds is 3. The standard InChI is InChI=1S/C14H6ClF5O3/c1-22-7-3-2-5(4-6(7)15)14(21)23-13-11(19)9(17)8(16)10(18)12(13)20/h2-4H,1H3. The molecule has 0 unspecified atom stereocenters. The van der Waals surface area contributed by atoms with Crippen LogP contribution in [0.4, 0.5) is 22.0 Å². The van der Waals surface area contributed by atoms with Gasteiger partial charge < -0.3 is 9.47 Å². The van der Waals surface area contributed by atoms with Crippen molar-refractivity contribution in [1.82, 2.24) is 0 Å². The summed E-state index contributed by atoms with van der Waals surface area (Å²) in [7, 11) is 1.31. The topological polar surface area (TPSA) is 35.5 Å². The molecule has 0 saturated carbocycles. The number of esters is 1. The number of carbonyl (C=O) groups is 1. The average Bonchev–Trinajstić information content (AvgIpc) is 2.54. The molecule has 0 bridgehead atoms. The first-order valence-electron chi connectivity index (χ1n) is 5.85. The first kappa shape index (κ1) is 17.0. The fourth-order valence-corrected chi connectivity index (χ4v) is 1.88. The van der Waals surface area contributed by atoms with Crippen molar-refractivity contribution in [1.29, 1.82) is 0 Å². The van der Waals surface area contributed by atoms with Crippen molar-refractivity contribution in [2.24, 2.45) is 0 Å². The number of ether oxygens (including phenoxy) is 2. The molecule has 0 fully saturated rings. The summed E-state index contributed by atoms with van der Waals surface area (Å²) in [5.41, 5.74) is -0.278. The number of halogens is 6. The molecule has 0 spiro atoms. The second-order valence-corrected chi connectivity index (χ2v) is 4.55. The molecule has 0 atom stereocenters. The Labute approximate surface area is 131 Å². The second kappa shape index (κ2) is 6.41. The van der Waals surface area contributed by atoms with E-state index in [1.165, 1.54) is 13.2 Å². The van der Waals surface area contributed by atoms with E-state index in [1.54, 1.807) is 0 Å². The molecule has 0 amide bonds. The number of hydrogen-bond acceptors (Lipinski definition) is 3. The fraction of sp³-hybridized carbons (Fsp3) is 0.0714. The summed E-state index contributed by atoms with van der Waals surface area (Å²) in [6.07, 6.45) is 0. The first-order chi connectivity index (χ1) is 10.8. The van der Waals surface area contributed by atoms with Gasteiger partial charge in [0.05, 0.1) is 17.7 Å². The zero-order valence-corrected chi connectivity index (χ0v) is 12.0. The molecule has 0 aliphatic rings. The van der Waals surface area contributed by atoms with Gasteiger partial charge in [-0.2, -0.15) is 8.78 Å². The van der Waals surface area contributed by atoms with Crippen molar-refractivity contribution in [2.75, 3.05) is 7.11 Å². The van der Waals surface area contributed by atoms with Gasteiger partial charge in [-0.05, 0) is 18.2 Å². The van der Waals surface area contributed by atoms with E-state index >= 15 is 0 Å². The fourth-order valence-electron chi connectivity index (χ4n) is 1.62. The molecule has 0 aromatic heterocycles. The number of hydrogen-bond donors (Lipinski definition) is 0. The van der Waals surface area contributed by atoms with Gasteiger partial charge >= 0.3 is 5.97 Å². The van der Waals surface area contributed by atoms with Crippen molar-refractivity contribution in [3.05, 3.63) is 57.9 Å². The van der Waals surface area contributed by atoms with Crippen LogP contribution in [0.3, 0.4) is 0 Å². The molecule has 3 nitrogen and oxygen atoms in total. The van der Waals surface area contributed by atoms with Crippen LogP contribution in [-0.4, -0.2) is 13.1 Å². The molecule has 0 saturated heterocycles. The highest BCUT2D eigenvalue weighted by Gasteiger charge is 2.29. The minimum atomic E-state index is -2.35. The van der Waals surface area contributed by atoms with Gasteiger partial charge in [-0.25, -0.2) is 18.0 Å². The van der Waals surface area contributed by atoms with Gasteiger partial charge in [0.15, 0.2) is 0 Å². The molecule has 0 heterocycles. The normalized spacial score (nSPS) is 10.6. The molecule has 122 valence electrons. The van der Waals surface area contributed by atoms with Crippen molar-refractivity contribution in [3.8, 4) is 11.5 Å². The molecule has 0 aliphatic heterocycles. The third-order valence-electron chi connectivity index (χ3n) is 2.75. The molecule has 0 aliphatic carbocycles. The van der Waals surface area contributed by atoms with Crippen molar-refractivity contribution >= 4 is 17.6 Å². The Bertz CT molecular complexity index is 765. The molecule has 0 radical (unpaired) electrons. The monoisotopic (exact) mass is 352 g/mol. The lowest BCUT2D eigenvalue weighted by molar-refractivity contribution is 0.0716. The summed E-state index contributed by atoms with van der Waals surface area (Å²) in [6, 6.07) is 3.45. The van der Waals surface area contributed by atoms with Gasteiger partial charge in [-0.15, -0.1) is 0 Å². The van der Waals surface area contributed by atoms with Gasteiger partial charge in [0, 0.05) is 0 Å². The van der Waals surface area contributed by atoms with Crippen LogP contribution in [0, 0.1) is 29.1 Å². The van der Waals surface area contributed by atoms with E-state index in [1.807, 2.05) is 0 Å². The lowest BCUT2D eigenvalue weighted by atomic mass is 10.2. The third kappa shape index (κ3) is 3.07. The summed E-state index contributed by atoms with van der Waals surface area (Å²) in [6.45, 7) is 0. The summed E-state index contributed by atoms with van der Waals surface area (Å²) >= 11 is 5.76. The van der Waals surface area contributed by atoms with Crippen LogP contribution in [0.5, 0.6) is 11.5 Å². The molecule has 2 aromatic rings. The van der Waals surface area contributed by atoms with E-state index in [0.29, 0.717) is 0 Å². The Kier molecular flexibility index (Phi) is 4.74. The van der Waals surface area contributed by atoms with E-state index < -0.39 is 40.8 Å². The van der Waals surface area contributed by atoms with Crippen molar-refractivity contribution in [3.63, 3.8) is 0 Å². The summed E-state index contributed by atoms with van der Waals surface area (Å²) in [5, 5.41) is -0.0145. The Balaban J connectivity index is 2.40. The van der Waals surface area contributed by atoms with E-state index in [4.69, 9.17) is 16.3 Å². The zero-order valence-electron chi connectivity index (χ0n) is 11.2. The number of carbonyl (C=O) groups excluding carboxylic acids is 1. The van der Waals surface area contributed by atoms with Crippen molar-refractivity contribution < 1.29 is 36.2 Å². The van der Waals surface area contributed by atoms with Crippen LogP contribution >= 0.6 is 11.6 Å². The van der Waals surface area contributed by atoms with E-state index in [2.05, 4.69) is 4.74 Å². The Morgan fingerprint density at radius 2 is 1.48 bits per heavy atom. The Morgan fingerprint density at radius 3 is 1.96 bits per heavy atom. The molecule has 23 heavy (non-hydrogen) atoms. The predicted molar refractivity (Wildman–Crippen MR) is 69.2 cm³/mol. The number of benzene rings is 2. The molecular weight excluding hydrogens is 347 g/mol. The minimum absolute atomic E-state index is 0.0145. The van der Waals surface area contributed by atoms with Gasteiger partial charge in [0.1, 0.15) is 5.75 Å². The van der Waals surface area contributed by atoms with Gasteiger partial charge in [-0.3, -0.25) is 0 Å². The maximum Gasteiger partial charge on any atom is 0.343 e. The summed E-state index contributed by atoms with van der Waals surface area (Å²) in [5.74, 6) is -14.2. The lowest BCUT2D eigenvalue weighted by Crippen LogP contribution is -2.13. The maximum absolute atomic E-state index is 13.4. The second-order valence-electron chi connectivity index (χ2n) is 4.14. The first-order valence-corrected chi connectivity index (χ1v) is 6.22. The lowest BCUT2D eigenvalue weighted by Gasteiger charge is -2.09. The molecule has 2 aromatic carbocycles. The maximum atomic E-state index is 13.4. The molecular formula is C14H6ClF5O3. The van der Waals surface area contributed by atoms with Crippen LogP contribution in [0.1, 0.15) is 10.4 Å². The Morgan fingerprint density at radius 1 is 0.957 bits per heavy atom. The van der Waals surface area contributed by atoms with E-state index in [-0.39, 0.29) is 16.3 Å². The van der Waals surface area contributed by atoms with Crippen molar-refractivity contribution in [2.45, 2.75) is 0 Å². The smallest absolute Gasteiger partial charge is 0.343 e. The largest absolute Gasteiger partial charge is 0.495 e. The van der Waals surface area contributed by atoms with Crippen LogP contribution in [0.2, 0.25) is 5.02 Å². The quantitative estimate of drug-likeness (QED) is 0.272. The zero-order chi connectivity index (χ0) is 17.3. The third-order valence-corrected chi connectivity index (χ3v) is 3.05. The van der Waals surface area contributed by atoms with Crippen LogP contribution in [0.15, 0.2) is 18.2 Å². The van der Waals surface area contributed by atoms with Gasteiger partial charge in [0.25, 0.3) is 0 Å². The van der Waals surface area contributed by atoms with E-state index in [0.717, 1.165) is 12.1 Å². The van der Waals surface area contributed by atoms with Crippen LogP contribution in [-0.2, 0) is 0 Å². The molecule has 2 rings (SSSR count). The predicted octanol–water partition coefficient (Wildman–Crippen LogP) is 4.26. The molecule has 9 heteroatoms. The SMILES string of the molecule is COc1ccc(C(=O)Oc2c(F)c(F)c(F)c(F)c2F)cc1Cl. The highest BCUT2D eigenvalue weighted by Crippen LogP contribution is 2.30. The van der Waals surface area contributed by atoms with Gasteiger partial charge in [-0.1, -0.05) is 11.6 Å². The van der Waals surface area contributed by atoms with Crippen LogP contribution < -0.4 is 9.47 Å². The number of methoxy groups -OCH3 is 1. The highest BCUT2D eigenvalue weighted by atomic mass is 35.5. The highest BCUT2D eigenvalue weighted by molar-refractivity contribution is 6.32. The average molecular weight is 353 g/mol. The molecule has 0 N–H and O–H groups in total. The van der Waals surface area contributed by atoms with Gasteiger partial charge in [0.2, 0.25) is 34.8 Å². The van der Waals surface area contributed by atoms with Crippen LogP contribution in [0.25, 0.3) is 0 Å². The minimum Gasteiger partial charge on any atom is -0.495 e. The Hall–Kier alpha value is -2.35.